The first-order valence-corrected chi connectivity index (χ1v) is 10.4. The van der Waals surface area contributed by atoms with Crippen LogP contribution in [-0.4, -0.2) is 25.8 Å². The van der Waals surface area contributed by atoms with Gasteiger partial charge in [0.1, 0.15) is 0 Å². The molecule has 0 bridgehead atoms. The van der Waals surface area contributed by atoms with Gasteiger partial charge in [0.15, 0.2) is 5.82 Å². The third kappa shape index (κ3) is 5.66. The molecule has 0 aliphatic rings. The van der Waals surface area contributed by atoms with Gasteiger partial charge in [0.2, 0.25) is 11.8 Å². The van der Waals surface area contributed by atoms with Gasteiger partial charge < -0.3 is 9.84 Å². The normalized spacial score (nSPS) is 10.9. The van der Waals surface area contributed by atoms with E-state index in [1.165, 1.54) is 5.56 Å². The Labute approximate surface area is 181 Å². The van der Waals surface area contributed by atoms with E-state index in [0.717, 1.165) is 23.2 Å². The summed E-state index contributed by atoms with van der Waals surface area (Å²) < 4.78 is 6.98. The van der Waals surface area contributed by atoms with Crippen molar-refractivity contribution >= 4 is 5.91 Å². The van der Waals surface area contributed by atoms with Crippen molar-refractivity contribution in [1.29, 1.82) is 0 Å². The third-order valence-corrected chi connectivity index (χ3v) is 5.03. The van der Waals surface area contributed by atoms with Crippen LogP contribution in [0, 0.1) is 6.92 Å². The molecule has 2 aromatic heterocycles. The summed E-state index contributed by atoms with van der Waals surface area (Å²) in [6.45, 7) is 3.02. The summed E-state index contributed by atoms with van der Waals surface area (Å²) in [6, 6.07) is 18.5. The maximum absolute atomic E-state index is 12.3. The van der Waals surface area contributed by atoms with Crippen molar-refractivity contribution in [2.24, 2.45) is 0 Å². The van der Waals surface area contributed by atoms with E-state index < -0.39 is 0 Å². The number of rotatable bonds is 9. The predicted octanol–water partition coefficient (Wildman–Crippen LogP) is 3.93. The SMILES string of the molecule is Cc1noc(CCCC(=O)NCc2ccccc2-c2ccc(Cn3cccn3)cc2)n1. The number of aromatic nitrogens is 4. The van der Waals surface area contributed by atoms with Gasteiger partial charge in [-0.25, -0.2) is 0 Å². The maximum atomic E-state index is 12.3. The third-order valence-electron chi connectivity index (χ3n) is 5.03. The lowest BCUT2D eigenvalue weighted by Crippen LogP contribution is -2.22. The van der Waals surface area contributed by atoms with E-state index in [2.05, 4.69) is 57.0 Å². The van der Waals surface area contributed by atoms with Gasteiger partial charge in [-0.3, -0.25) is 9.48 Å². The summed E-state index contributed by atoms with van der Waals surface area (Å²) in [5, 5.41) is 11.0. The van der Waals surface area contributed by atoms with E-state index in [9.17, 15) is 4.79 Å². The largest absolute Gasteiger partial charge is 0.352 e. The second-order valence-electron chi connectivity index (χ2n) is 7.42. The van der Waals surface area contributed by atoms with Crippen molar-refractivity contribution in [2.45, 2.75) is 39.3 Å². The lowest BCUT2D eigenvalue weighted by molar-refractivity contribution is -0.121. The van der Waals surface area contributed by atoms with Crippen LogP contribution in [0.4, 0.5) is 0 Å². The molecule has 0 saturated heterocycles. The minimum Gasteiger partial charge on any atom is -0.352 e. The monoisotopic (exact) mass is 415 g/mol. The molecule has 0 unspecified atom stereocenters. The predicted molar refractivity (Wildman–Crippen MR) is 117 cm³/mol. The minimum atomic E-state index is 0.0145. The van der Waals surface area contributed by atoms with E-state index in [1.807, 2.05) is 29.1 Å². The Morgan fingerprint density at radius 3 is 2.68 bits per heavy atom. The first kappa shape index (κ1) is 20.5. The Bertz CT molecular complexity index is 1120. The maximum Gasteiger partial charge on any atom is 0.226 e. The Hall–Kier alpha value is -3.74. The van der Waals surface area contributed by atoms with Gasteiger partial charge in [-0.1, -0.05) is 53.7 Å². The number of amides is 1. The van der Waals surface area contributed by atoms with Crippen molar-refractivity contribution in [2.75, 3.05) is 0 Å². The van der Waals surface area contributed by atoms with Gasteiger partial charge >= 0.3 is 0 Å². The Kier molecular flexibility index (Phi) is 6.52. The molecule has 0 spiro atoms. The molecule has 0 aliphatic carbocycles. The standard InChI is InChI=1S/C24H25N5O2/c1-18-27-24(31-28-18)9-4-8-23(30)25-16-21-6-2-3-7-22(21)20-12-10-19(11-13-20)17-29-15-5-14-26-29/h2-3,5-7,10-15H,4,8-9,16-17H2,1H3,(H,25,30). The number of benzene rings is 2. The Balaban J connectivity index is 1.33. The summed E-state index contributed by atoms with van der Waals surface area (Å²) in [7, 11) is 0. The molecular weight excluding hydrogens is 390 g/mol. The second kappa shape index (κ2) is 9.84. The summed E-state index contributed by atoms with van der Waals surface area (Å²) in [4.78, 5) is 16.4. The second-order valence-corrected chi connectivity index (χ2v) is 7.42. The first-order valence-electron chi connectivity index (χ1n) is 10.4. The van der Waals surface area contributed by atoms with Crippen LogP contribution < -0.4 is 5.32 Å². The van der Waals surface area contributed by atoms with Gasteiger partial charge in [-0.2, -0.15) is 10.1 Å². The van der Waals surface area contributed by atoms with Crippen molar-refractivity contribution in [1.82, 2.24) is 25.2 Å². The fourth-order valence-electron chi connectivity index (χ4n) is 3.45. The summed E-state index contributed by atoms with van der Waals surface area (Å²) in [6.07, 6.45) is 5.44. The zero-order valence-electron chi connectivity index (χ0n) is 17.5. The average molecular weight is 415 g/mol. The highest BCUT2D eigenvalue weighted by Crippen LogP contribution is 2.24. The Morgan fingerprint density at radius 2 is 1.94 bits per heavy atom. The van der Waals surface area contributed by atoms with Gasteiger partial charge in [0, 0.05) is 31.8 Å². The summed E-state index contributed by atoms with van der Waals surface area (Å²) in [5.74, 6) is 1.21. The molecular formula is C24H25N5O2. The first-order chi connectivity index (χ1) is 15.2. The molecule has 4 rings (SSSR count). The van der Waals surface area contributed by atoms with E-state index in [1.54, 1.807) is 13.1 Å². The van der Waals surface area contributed by atoms with Crippen LogP contribution in [0.15, 0.2) is 71.5 Å². The van der Waals surface area contributed by atoms with Gasteiger partial charge in [0.25, 0.3) is 0 Å². The smallest absolute Gasteiger partial charge is 0.226 e. The van der Waals surface area contributed by atoms with E-state index in [-0.39, 0.29) is 5.91 Å². The van der Waals surface area contributed by atoms with Gasteiger partial charge in [-0.05, 0) is 41.7 Å². The highest BCUT2D eigenvalue weighted by atomic mass is 16.5. The van der Waals surface area contributed by atoms with Gasteiger partial charge in [0.05, 0.1) is 6.54 Å². The minimum absolute atomic E-state index is 0.0145. The molecule has 31 heavy (non-hydrogen) atoms. The lowest BCUT2D eigenvalue weighted by Gasteiger charge is -2.12. The molecule has 158 valence electrons. The molecule has 0 atom stereocenters. The molecule has 7 heteroatoms. The highest BCUT2D eigenvalue weighted by molar-refractivity contribution is 5.76. The van der Waals surface area contributed by atoms with Gasteiger partial charge in [-0.15, -0.1) is 0 Å². The lowest BCUT2D eigenvalue weighted by atomic mass is 9.98. The zero-order chi connectivity index (χ0) is 21.5. The average Bonchev–Trinajstić information content (AvgIpc) is 3.45. The summed E-state index contributed by atoms with van der Waals surface area (Å²) in [5.41, 5.74) is 4.52. The molecule has 1 amide bonds. The molecule has 0 fully saturated rings. The number of aryl methyl sites for hydroxylation is 2. The number of nitrogens with zero attached hydrogens (tertiary/aromatic N) is 4. The summed E-state index contributed by atoms with van der Waals surface area (Å²) >= 11 is 0. The molecule has 2 heterocycles. The van der Waals surface area contributed by atoms with Crippen LogP contribution in [-0.2, 0) is 24.3 Å². The fraction of sp³-hybridized carbons (Fsp3) is 0.250. The van der Waals surface area contributed by atoms with Crippen molar-refractivity contribution < 1.29 is 9.32 Å². The number of nitrogens with one attached hydrogen (secondary N) is 1. The van der Waals surface area contributed by atoms with E-state index in [4.69, 9.17) is 4.52 Å². The molecule has 0 radical (unpaired) electrons. The van der Waals surface area contributed by atoms with Crippen molar-refractivity contribution in [3.05, 3.63) is 89.8 Å². The van der Waals surface area contributed by atoms with Crippen molar-refractivity contribution in [3.63, 3.8) is 0 Å². The molecule has 1 N–H and O–H groups in total. The highest BCUT2D eigenvalue weighted by Gasteiger charge is 2.09. The van der Waals surface area contributed by atoms with Crippen LogP contribution in [0.5, 0.6) is 0 Å². The fourth-order valence-corrected chi connectivity index (χ4v) is 3.45. The van der Waals surface area contributed by atoms with Crippen molar-refractivity contribution in [3.8, 4) is 11.1 Å². The van der Waals surface area contributed by atoms with Crippen LogP contribution in [0.25, 0.3) is 11.1 Å². The number of carbonyl (C=O) groups excluding carboxylic acids is 1. The molecule has 4 aromatic rings. The van der Waals surface area contributed by atoms with Crippen LogP contribution in [0.2, 0.25) is 0 Å². The molecule has 2 aromatic carbocycles. The number of carbonyl (C=O) groups is 1. The van der Waals surface area contributed by atoms with Crippen LogP contribution >= 0.6 is 0 Å². The molecule has 0 saturated carbocycles. The number of hydrogen-bond donors (Lipinski definition) is 1. The van der Waals surface area contributed by atoms with E-state index in [0.29, 0.717) is 37.5 Å². The van der Waals surface area contributed by atoms with Crippen LogP contribution in [0.3, 0.4) is 0 Å². The quantitative estimate of drug-likeness (QED) is 0.448. The van der Waals surface area contributed by atoms with Crippen LogP contribution in [0.1, 0.15) is 35.7 Å². The molecule has 0 aliphatic heterocycles. The Morgan fingerprint density at radius 1 is 1.10 bits per heavy atom. The zero-order valence-corrected chi connectivity index (χ0v) is 17.5. The number of hydrogen-bond acceptors (Lipinski definition) is 5. The van der Waals surface area contributed by atoms with E-state index >= 15 is 0 Å². The molecule has 7 nitrogen and oxygen atoms in total. The topological polar surface area (TPSA) is 85.8 Å².